The van der Waals surface area contributed by atoms with E-state index in [9.17, 15) is 4.79 Å². The van der Waals surface area contributed by atoms with Crippen LogP contribution >= 0.6 is 0 Å². The molecular formula is C17H27N3O. The number of nitrogens with zero attached hydrogens (tertiary/aromatic N) is 1. The van der Waals surface area contributed by atoms with Crippen molar-refractivity contribution in [1.82, 2.24) is 15.2 Å². The second-order valence-electron chi connectivity index (χ2n) is 5.11. The van der Waals surface area contributed by atoms with Gasteiger partial charge in [0.2, 0.25) is 0 Å². The minimum absolute atomic E-state index is 0.483. The number of carbonyl (C=O) groups excluding carboxylic acids is 1. The molecule has 116 valence electrons. The van der Waals surface area contributed by atoms with Crippen molar-refractivity contribution in [1.29, 1.82) is 0 Å². The topological polar surface area (TPSA) is 46.1 Å². The molecule has 21 heavy (non-hydrogen) atoms. The maximum Gasteiger partial charge on any atom is 0.150 e. The molecule has 2 rings (SSSR count). The Morgan fingerprint density at radius 2 is 1.95 bits per heavy atom. The number of benzene rings is 1. The zero-order valence-electron chi connectivity index (χ0n) is 13.5. The smallest absolute Gasteiger partial charge is 0.150 e. The Labute approximate surface area is 127 Å². The van der Waals surface area contributed by atoms with Crippen LogP contribution in [-0.4, -0.2) is 38.5 Å². The van der Waals surface area contributed by atoms with Crippen LogP contribution in [0.5, 0.6) is 0 Å². The summed E-state index contributed by atoms with van der Waals surface area (Å²) in [5.41, 5.74) is 1.90. The largest absolute Gasteiger partial charge is 0.344 e. The third-order valence-corrected chi connectivity index (χ3v) is 3.48. The average molecular weight is 289 g/mol. The van der Waals surface area contributed by atoms with Crippen molar-refractivity contribution in [2.45, 2.75) is 25.8 Å². The van der Waals surface area contributed by atoms with Gasteiger partial charge in [-0.25, -0.2) is 0 Å². The van der Waals surface area contributed by atoms with Crippen LogP contribution in [0, 0.1) is 0 Å². The number of aromatic nitrogens is 1. The number of carbonyl (C=O) groups is 1. The Bertz CT molecular complexity index is 548. The quantitative estimate of drug-likeness (QED) is 0.804. The number of fused-ring (bicyclic) bond motifs is 1. The second kappa shape index (κ2) is 9.32. The molecule has 0 spiro atoms. The van der Waals surface area contributed by atoms with E-state index in [-0.39, 0.29) is 0 Å². The molecule has 2 aromatic rings. The van der Waals surface area contributed by atoms with Gasteiger partial charge >= 0.3 is 0 Å². The molecule has 1 heterocycles. The third-order valence-electron chi connectivity index (χ3n) is 3.48. The predicted octanol–water partition coefficient (Wildman–Crippen LogP) is 2.85. The fourth-order valence-corrected chi connectivity index (χ4v) is 2.41. The van der Waals surface area contributed by atoms with Crippen LogP contribution in [0.25, 0.3) is 10.9 Å². The zero-order chi connectivity index (χ0) is 15.7. The highest BCUT2D eigenvalue weighted by atomic mass is 16.1. The van der Waals surface area contributed by atoms with Crippen LogP contribution in [0.3, 0.4) is 0 Å². The van der Waals surface area contributed by atoms with Crippen LogP contribution < -0.4 is 10.6 Å². The second-order valence-corrected chi connectivity index (χ2v) is 5.11. The molecule has 0 aliphatic rings. The van der Waals surface area contributed by atoms with E-state index in [0.717, 1.165) is 36.8 Å². The summed E-state index contributed by atoms with van der Waals surface area (Å²) < 4.78 is 2.29. The number of hydrogen-bond acceptors (Lipinski definition) is 3. The lowest BCUT2D eigenvalue weighted by molar-refractivity contribution is 0.112. The average Bonchev–Trinajstić information content (AvgIpc) is 2.92. The molecule has 0 amide bonds. The Balaban J connectivity index is 0.000000677. The fourth-order valence-electron chi connectivity index (χ4n) is 2.41. The minimum atomic E-state index is 0.483. The SMILES string of the molecule is CCC(CCNC)n1ccc2ccc(C=O)cc21.CNC. The summed E-state index contributed by atoms with van der Waals surface area (Å²) in [4.78, 5) is 10.9. The molecule has 0 bridgehead atoms. The van der Waals surface area contributed by atoms with Gasteiger partial charge in [0.1, 0.15) is 6.29 Å². The van der Waals surface area contributed by atoms with Crippen LogP contribution in [0.15, 0.2) is 30.5 Å². The third kappa shape index (κ3) is 4.69. The normalized spacial score (nSPS) is 11.8. The molecular weight excluding hydrogens is 262 g/mol. The van der Waals surface area contributed by atoms with Gasteiger partial charge in [-0.2, -0.15) is 0 Å². The minimum Gasteiger partial charge on any atom is -0.344 e. The van der Waals surface area contributed by atoms with E-state index in [0.29, 0.717) is 6.04 Å². The Hall–Kier alpha value is -1.65. The van der Waals surface area contributed by atoms with Crippen LogP contribution in [0.1, 0.15) is 36.2 Å². The number of aldehydes is 1. The standard InChI is InChI=1S/C15H20N2O.C2H7N/c1-3-14(6-8-16-2)17-9-7-13-5-4-12(11-18)10-15(13)17;1-3-2/h4-5,7,9-11,14,16H,3,6,8H2,1-2H3;3H,1-2H3. The van der Waals surface area contributed by atoms with E-state index >= 15 is 0 Å². The van der Waals surface area contributed by atoms with Crippen LogP contribution in [0.2, 0.25) is 0 Å². The van der Waals surface area contributed by atoms with E-state index in [1.165, 1.54) is 5.39 Å². The van der Waals surface area contributed by atoms with Crippen molar-refractivity contribution in [3.63, 3.8) is 0 Å². The number of nitrogens with one attached hydrogen (secondary N) is 2. The van der Waals surface area contributed by atoms with Crippen molar-refractivity contribution in [2.75, 3.05) is 27.7 Å². The zero-order valence-corrected chi connectivity index (χ0v) is 13.5. The molecule has 4 nitrogen and oxygen atoms in total. The summed E-state index contributed by atoms with van der Waals surface area (Å²) in [5, 5.41) is 7.14. The van der Waals surface area contributed by atoms with Gasteiger partial charge in [-0.05, 0) is 58.0 Å². The van der Waals surface area contributed by atoms with Gasteiger partial charge in [-0.15, -0.1) is 0 Å². The first-order chi connectivity index (χ1) is 10.2. The summed E-state index contributed by atoms with van der Waals surface area (Å²) in [6, 6.07) is 8.46. The van der Waals surface area contributed by atoms with Crippen molar-refractivity contribution in [2.24, 2.45) is 0 Å². The van der Waals surface area contributed by atoms with E-state index in [4.69, 9.17) is 0 Å². The van der Waals surface area contributed by atoms with E-state index < -0.39 is 0 Å². The van der Waals surface area contributed by atoms with Crippen molar-refractivity contribution < 1.29 is 4.79 Å². The van der Waals surface area contributed by atoms with Crippen molar-refractivity contribution in [3.05, 3.63) is 36.0 Å². The monoisotopic (exact) mass is 289 g/mol. The summed E-state index contributed by atoms with van der Waals surface area (Å²) >= 11 is 0. The number of rotatable bonds is 6. The van der Waals surface area contributed by atoms with E-state index in [2.05, 4.69) is 34.4 Å². The van der Waals surface area contributed by atoms with Crippen molar-refractivity contribution in [3.8, 4) is 0 Å². The molecule has 2 N–H and O–H groups in total. The van der Waals surface area contributed by atoms with Gasteiger partial charge in [0, 0.05) is 23.3 Å². The van der Waals surface area contributed by atoms with E-state index in [1.54, 1.807) is 0 Å². The summed E-state index contributed by atoms with van der Waals surface area (Å²) in [6.07, 6.45) is 5.23. The highest BCUT2D eigenvalue weighted by molar-refractivity contribution is 5.87. The van der Waals surface area contributed by atoms with Gasteiger partial charge in [0.15, 0.2) is 0 Å². The molecule has 0 fully saturated rings. The summed E-state index contributed by atoms with van der Waals surface area (Å²) in [6.45, 7) is 3.21. The molecule has 1 aromatic carbocycles. The molecule has 0 saturated heterocycles. The lowest BCUT2D eigenvalue weighted by Crippen LogP contribution is -2.15. The number of hydrogen-bond donors (Lipinski definition) is 2. The Morgan fingerprint density at radius 3 is 2.52 bits per heavy atom. The highest BCUT2D eigenvalue weighted by Gasteiger charge is 2.11. The first-order valence-corrected chi connectivity index (χ1v) is 7.50. The molecule has 1 aromatic heterocycles. The lowest BCUT2D eigenvalue weighted by atomic mass is 10.1. The van der Waals surface area contributed by atoms with Gasteiger partial charge < -0.3 is 15.2 Å². The lowest BCUT2D eigenvalue weighted by Gasteiger charge is -2.18. The van der Waals surface area contributed by atoms with Crippen LogP contribution in [-0.2, 0) is 0 Å². The highest BCUT2D eigenvalue weighted by Crippen LogP contribution is 2.24. The van der Waals surface area contributed by atoms with E-state index in [1.807, 2.05) is 39.3 Å². The fraction of sp³-hybridized carbons (Fsp3) is 0.471. The molecule has 0 saturated carbocycles. The first-order valence-electron chi connectivity index (χ1n) is 7.50. The van der Waals surface area contributed by atoms with Gasteiger partial charge in [0.05, 0.1) is 0 Å². The maximum absolute atomic E-state index is 10.9. The summed E-state index contributed by atoms with van der Waals surface area (Å²) in [5.74, 6) is 0. The molecule has 1 unspecified atom stereocenters. The van der Waals surface area contributed by atoms with Gasteiger partial charge in [-0.1, -0.05) is 19.1 Å². The predicted molar refractivity (Wildman–Crippen MR) is 90.2 cm³/mol. The van der Waals surface area contributed by atoms with Crippen molar-refractivity contribution >= 4 is 17.2 Å². The Morgan fingerprint density at radius 1 is 1.24 bits per heavy atom. The molecule has 1 atom stereocenters. The first kappa shape index (κ1) is 17.4. The molecule has 0 aliphatic carbocycles. The summed E-state index contributed by atoms with van der Waals surface area (Å²) in [7, 11) is 5.73. The Kier molecular flexibility index (Phi) is 7.72. The molecule has 4 heteroatoms. The molecule has 0 radical (unpaired) electrons. The molecule has 0 aliphatic heterocycles. The maximum atomic E-state index is 10.9. The van der Waals surface area contributed by atoms with Gasteiger partial charge in [0.25, 0.3) is 0 Å². The van der Waals surface area contributed by atoms with Gasteiger partial charge in [-0.3, -0.25) is 4.79 Å². The van der Waals surface area contributed by atoms with Crippen LogP contribution in [0.4, 0.5) is 0 Å².